The van der Waals surface area contributed by atoms with E-state index in [1.54, 1.807) is 24.3 Å². The molecule has 5 rings (SSSR count). The summed E-state index contributed by atoms with van der Waals surface area (Å²) in [5.74, 6) is 0.119. The van der Waals surface area contributed by atoms with Crippen LogP contribution < -0.4 is 5.32 Å². The molecule has 1 saturated heterocycles. The molecule has 0 unspecified atom stereocenters. The summed E-state index contributed by atoms with van der Waals surface area (Å²) in [6.07, 6.45) is 0.228. The van der Waals surface area contributed by atoms with Gasteiger partial charge in [-0.05, 0) is 23.8 Å². The second-order valence-corrected chi connectivity index (χ2v) is 9.82. The number of halogens is 1. The van der Waals surface area contributed by atoms with Crippen molar-refractivity contribution in [3.63, 3.8) is 0 Å². The molecule has 2 aliphatic rings. The van der Waals surface area contributed by atoms with Crippen LogP contribution in [-0.2, 0) is 21.6 Å². The number of amides is 1. The van der Waals surface area contributed by atoms with Crippen LogP contribution in [0.1, 0.15) is 27.9 Å². The van der Waals surface area contributed by atoms with E-state index >= 15 is 4.39 Å². The smallest absolute Gasteiger partial charge is 0.257 e. The molecule has 1 amide bonds. The largest absolute Gasteiger partial charge is 0.375 e. The minimum Gasteiger partial charge on any atom is -0.375 e. The lowest BCUT2D eigenvalue weighted by Crippen LogP contribution is -2.51. The Kier molecular flexibility index (Phi) is 7.27. The number of rotatable bonds is 6. The van der Waals surface area contributed by atoms with Gasteiger partial charge in [-0.2, -0.15) is 0 Å². The number of benzene rings is 3. The van der Waals surface area contributed by atoms with Crippen molar-refractivity contribution in [3.8, 4) is 0 Å². The van der Waals surface area contributed by atoms with Crippen LogP contribution in [0.4, 0.5) is 4.39 Å². The van der Waals surface area contributed by atoms with Crippen molar-refractivity contribution < 1.29 is 18.7 Å². The maximum Gasteiger partial charge on any atom is 0.257 e. The van der Waals surface area contributed by atoms with Gasteiger partial charge in [-0.15, -0.1) is 0 Å². The third-order valence-corrected chi connectivity index (χ3v) is 7.52. The first-order valence-electron chi connectivity index (χ1n) is 11.7. The van der Waals surface area contributed by atoms with E-state index in [4.69, 9.17) is 14.5 Å². The van der Waals surface area contributed by atoms with Crippen LogP contribution in [0.2, 0.25) is 0 Å². The highest BCUT2D eigenvalue weighted by molar-refractivity contribution is 8.13. The number of nitrogens with one attached hydrogen (secondary N) is 1. The Morgan fingerprint density at radius 1 is 1.06 bits per heavy atom. The van der Waals surface area contributed by atoms with Gasteiger partial charge in [0, 0.05) is 29.2 Å². The van der Waals surface area contributed by atoms with Crippen LogP contribution >= 0.6 is 11.8 Å². The number of carbonyl (C=O) groups is 1. The maximum absolute atomic E-state index is 15.2. The first-order valence-corrected chi connectivity index (χ1v) is 12.7. The summed E-state index contributed by atoms with van der Waals surface area (Å²) in [5, 5.41) is 3.45. The topological polar surface area (TPSA) is 59.9 Å². The SMILES string of the molecule is O=C(NC1=N[C@@]2(c3ccccc3F)C[C@H](COCc3ccccc3)OC[C@H]2CS1)c1ccccc1. The van der Waals surface area contributed by atoms with Gasteiger partial charge < -0.3 is 14.8 Å². The molecule has 3 atom stereocenters. The van der Waals surface area contributed by atoms with Crippen molar-refractivity contribution >= 4 is 22.8 Å². The van der Waals surface area contributed by atoms with Gasteiger partial charge in [-0.25, -0.2) is 4.39 Å². The molecule has 0 spiro atoms. The van der Waals surface area contributed by atoms with E-state index in [1.165, 1.54) is 17.8 Å². The van der Waals surface area contributed by atoms with Crippen molar-refractivity contribution in [3.05, 3.63) is 107 Å². The molecule has 1 N–H and O–H groups in total. The summed E-state index contributed by atoms with van der Waals surface area (Å²) in [6.45, 7) is 1.31. The predicted octanol–water partition coefficient (Wildman–Crippen LogP) is 5.18. The molecule has 0 saturated carbocycles. The first kappa shape index (κ1) is 23.7. The van der Waals surface area contributed by atoms with Crippen molar-refractivity contribution in [2.45, 2.75) is 24.7 Å². The van der Waals surface area contributed by atoms with Crippen molar-refractivity contribution in [2.75, 3.05) is 19.0 Å². The highest BCUT2D eigenvalue weighted by atomic mass is 32.2. The van der Waals surface area contributed by atoms with Crippen LogP contribution in [0.3, 0.4) is 0 Å². The standard InChI is InChI=1S/C28H27FN2O3S/c29-25-14-8-7-13-24(25)28-15-23(18-33-16-20-9-3-1-4-10-20)34-17-22(28)19-35-27(31-28)30-26(32)21-11-5-2-6-12-21/h1-14,22-23H,15-19H2,(H,30,31,32)/t22-,23+,28-/m0/s1. The lowest BCUT2D eigenvalue weighted by atomic mass is 9.73. The fourth-order valence-corrected chi connectivity index (χ4v) is 5.82. The summed E-state index contributed by atoms with van der Waals surface area (Å²) in [5.41, 5.74) is 1.34. The lowest BCUT2D eigenvalue weighted by molar-refractivity contribution is -0.0906. The average molecular weight is 491 g/mol. The van der Waals surface area contributed by atoms with E-state index < -0.39 is 5.54 Å². The van der Waals surface area contributed by atoms with E-state index in [-0.39, 0.29) is 23.7 Å². The Hall–Kier alpha value is -3.00. The zero-order valence-corrected chi connectivity index (χ0v) is 20.0. The van der Waals surface area contributed by atoms with Gasteiger partial charge in [0.1, 0.15) is 5.82 Å². The van der Waals surface area contributed by atoms with Crippen molar-refractivity contribution in [1.29, 1.82) is 0 Å². The molecule has 0 aliphatic carbocycles. The Morgan fingerprint density at radius 2 is 1.77 bits per heavy atom. The monoisotopic (exact) mass is 490 g/mol. The number of nitrogens with zero attached hydrogens (tertiary/aromatic N) is 1. The third kappa shape index (κ3) is 5.32. The minimum absolute atomic E-state index is 0.0212. The third-order valence-electron chi connectivity index (χ3n) is 6.48. The molecule has 1 fully saturated rings. The number of thioether (sulfide) groups is 1. The van der Waals surface area contributed by atoms with Gasteiger partial charge in [0.25, 0.3) is 5.91 Å². The van der Waals surface area contributed by atoms with E-state index in [0.717, 1.165) is 5.56 Å². The Bertz CT molecular complexity index is 1190. The molecule has 0 aromatic heterocycles. The second-order valence-electron chi connectivity index (χ2n) is 8.81. The molecule has 180 valence electrons. The van der Waals surface area contributed by atoms with Crippen LogP contribution in [0, 0.1) is 11.7 Å². The summed E-state index contributed by atoms with van der Waals surface area (Å²) in [7, 11) is 0. The molecule has 0 radical (unpaired) electrons. The second kappa shape index (κ2) is 10.7. The van der Waals surface area contributed by atoms with Gasteiger partial charge in [0.15, 0.2) is 5.17 Å². The highest BCUT2D eigenvalue weighted by Crippen LogP contribution is 2.47. The molecular weight excluding hydrogens is 463 g/mol. The molecule has 35 heavy (non-hydrogen) atoms. The predicted molar refractivity (Wildman–Crippen MR) is 136 cm³/mol. The van der Waals surface area contributed by atoms with Gasteiger partial charge in [0.2, 0.25) is 0 Å². The summed E-state index contributed by atoms with van der Waals surface area (Å²) >= 11 is 1.47. The van der Waals surface area contributed by atoms with Crippen LogP contribution in [0.25, 0.3) is 0 Å². The van der Waals surface area contributed by atoms with Crippen molar-refractivity contribution in [1.82, 2.24) is 5.32 Å². The van der Waals surface area contributed by atoms with E-state index in [1.807, 2.05) is 54.6 Å². The van der Waals surface area contributed by atoms with Crippen LogP contribution in [-0.4, -0.2) is 36.1 Å². The molecule has 2 aliphatic heterocycles. The quantitative estimate of drug-likeness (QED) is 0.518. The lowest BCUT2D eigenvalue weighted by Gasteiger charge is -2.47. The minimum atomic E-state index is -0.838. The Balaban J connectivity index is 1.39. The van der Waals surface area contributed by atoms with Gasteiger partial charge in [0.05, 0.1) is 31.5 Å². The van der Waals surface area contributed by atoms with Gasteiger partial charge >= 0.3 is 0 Å². The molecule has 3 aromatic carbocycles. The zero-order chi connectivity index (χ0) is 24.1. The number of hydrogen-bond acceptors (Lipinski definition) is 5. The molecule has 2 heterocycles. The molecule has 0 bridgehead atoms. The fraction of sp³-hybridized carbons (Fsp3) is 0.286. The fourth-order valence-electron chi connectivity index (χ4n) is 4.69. The van der Waals surface area contributed by atoms with Crippen LogP contribution in [0.5, 0.6) is 0 Å². The molecule has 5 nitrogen and oxygen atoms in total. The molecule has 3 aromatic rings. The van der Waals surface area contributed by atoms with Gasteiger partial charge in [-0.1, -0.05) is 78.5 Å². The number of fused-ring (bicyclic) bond motifs is 1. The van der Waals surface area contributed by atoms with Gasteiger partial charge in [-0.3, -0.25) is 9.79 Å². The van der Waals surface area contributed by atoms with Crippen molar-refractivity contribution in [2.24, 2.45) is 10.9 Å². The molecular formula is C28H27FN2O3S. The Labute approximate surface area is 208 Å². The number of ether oxygens (including phenoxy) is 2. The first-order chi connectivity index (χ1) is 17.1. The summed E-state index contributed by atoms with van der Waals surface area (Å²) in [4.78, 5) is 17.8. The maximum atomic E-state index is 15.2. The van der Waals surface area contributed by atoms with E-state index in [0.29, 0.717) is 48.3 Å². The summed E-state index contributed by atoms with van der Waals surface area (Å²) in [6, 6.07) is 25.8. The number of amidine groups is 1. The highest BCUT2D eigenvalue weighted by Gasteiger charge is 2.50. The zero-order valence-electron chi connectivity index (χ0n) is 19.2. The number of aliphatic imine (C=N–C) groups is 1. The van der Waals surface area contributed by atoms with Crippen LogP contribution in [0.15, 0.2) is 89.9 Å². The number of hydrogen-bond donors (Lipinski definition) is 1. The molecule has 7 heteroatoms. The van der Waals surface area contributed by atoms with E-state index in [9.17, 15) is 4.79 Å². The number of carbonyl (C=O) groups excluding carboxylic acids is 1. The normalized spacial score (nSPS) is 23.7. The Morgan fingerprint density at radius 3 is 2.54 bits per heavy atom. The average Bonchev–Trinajstić information content (AvgIpc) is 2.90. The summed E-state index contributed by atoms with van der Waals surface area (Å²) < 4.78 is 27.3. The van der Waals surface area contributed by atoms with E-state index in [2.05, 4.69) is 5.32 Å².